The van der Waals surface area contributed by atoms with Gasteiger partial charge in [0.15, 0.2) is 0 Å². The highest BCUT2D eigenvalue weighted by Gasteiger charge is 2.26. The highest BCUT2D eigenvalue weighted by atomic mass is 79.9. The Morgan fingerprint density at radius 1 is 1.33 bits per heavy atom. The van der Waals surface area contributed by atoms with E-state index in [1.165, 1.54) is 4.90 Å². The topological polar surface area (TPSA) is 20.3 Å². The Balaban J connectivity index is 2.25. The predicted molar refractivity (Wildman–Crippen MR) is 64.1 cm³/mol. The summed E-state index contributed by atoms with van der Waals surface area (Å²) in [5.74, 6) is -2.19. The Morgan fingerprint density at radius 3 is 2.72 bits per heavy atom. The van der Waals surface area contributed by atoms with Crippen molar-refractivity contribution in [3.8, 4) is 0 Å². The minimum absolute atomic E-state index is 0.0430. The largest absolute Gasteiger partial charge is 0.336 e. The van der Waals surface area contributed by atoms with Crippen molar-refractivity contribution < 1.29 is 18.0 Å². The first-order chi connectivity index (χ1) is 8.49. The van der Waals surface area contributed by atoms with E-state index in [2.05, 4.69) is 15.9 Å². The van der Waals surface area contributed by atoms with Crippen molar-refractivity contribution in [3.05, 3.63) is 33.8 Å². The molecule has 0 aromatic heterocycles. The molecule has 1 heterocycles. The number of rotatable bonds is 1. The molecule has 1 aliphatic heterocycles. The van der Waals surface area contributed by atoms with E-state index in [-0.39, 0.29) is 16.6 Å². The first kappa shape index (κ1) is 13.4. The summed E-state index contributed by atoms with van der Waals surface area (Å²) in [5, 5.41) is 0. The van der Waals surface area contributed by atoms with Crippen molar-refractivity contribution in [1.82, 2.24) is 4.90 Å². The maximum atomic E-state index is 13.6. The van der Waals surface area contributed by atoms with Crippen LogP contribution in [0, 0.1) is 11.6 Å². The molecule has 98 valence electrons. The molecule has 6 heteroatoms. The fourth-order valence-corrected chi connectivity index (χ4v) is 2.28. The zero-order chi connectivity index (χ0) is 13.3. The molecule has 1 aromatic rings. The number of benzene rings is 1. The van der Waals surface area contributed by atoms with Crippen LogP contribution in [0.4, 0.5) is 13.2 Å². The second-order valence-electron chi connectivity index (χ2n) is 4.24. The summed E-state index contributed by atoms with van der Waals surface area (Å²) in [7, 11) is 0. The van der Waals surface area contributed by atoms with Gasteiger partial charge in [-0.25, -0.2) is 13.2 Å². The van der Waals surface area contributed by atoms with Gasteiger partial charge < -0.3 is 4.90 Å². The lowest BCUT2D eigenvalue weighted by Crippen LogP contribution is -2.41. The monoisotopic (exact) mass is 321 g/mol. The molecule has 0 bridgehead atoms. The van der Waals surface area contributed by atoms with Crippen molar-refractivity contribution >= 4 is 21.8 Å². The number of nitrogens with zero attached hydrogens (tertiary/aromatic N) is 1. The first-order valence-corrected chi connectivity index (χ1v) is 6.36. The van der Waals surface area contributed by atoms with Crippen LogP contribution in [-0.2, 0) is 0 Å². The molecule has 2 rings (SSSR count). The Labute approximate surface area is 111 Å². The molecule has 0 aliphatic carbocycles. The molecule has 1 saturated heterocycles. The molecule has 1 aliphatic rings. The minimum atomic E-state index is -1.09. The number of likely N-dealkylation sites (tertiary alicyclic amines) is 1. The van der Waals surface area contributed by atoms with Crippen molar-refractivity contribution in [3.63, 3.8) is 0 Å². The summed E-state index contributed by atoms with van der Waals surface area (Å²) in [6, 6.07) is 1.74. The van der Waals surface area contributed by atoms with E-state index in [1.807, 2.05) is 0 Å². The van der Waals surface area contributed by atoms with Gasteiger partial charge in [0.05, 0.1) is 16.6 Å². The van der Waals surface area contributed by atoms with E-state index >= 15 is 0 Å². The molecule has 2 nitrogen and oxygen atoms in total. The smallest absolute Gasteiger partial charge is 0.257 e. The van der Waals surface area contributed by atoms with Gasteiger partial charge in [-0.15, -0.1) is 0 Å². The van der Waals surface area contributed by atoms with Gasteiger partial charge in [-0.3, -0.25) is 4.79 Å². The summed E-state index contributed by atoms with van der Waals surface area (Å²) < 4.78 is 40.0. The lowest BCUT2D eigenvalue weighted by atomic mass is 10.1. The summed E-state index contributed by atoms with van der Waals surface area (Å²) in [4.78, 5) is 13.2. The predicted octanol–water partition coefficient (Wildman–Crippen LogP) is 3.30. The summed E-state index contributed by atoms with van der Waals surface area (Å²) in [5.41, 5.74) is -0.357. The van der Waals surface area contributed by atoms with Crippen molar-refractivity contribution in [2.24, 2.45) is 0 Å². The van der Waals surface area contributed by atoms with Crippen LogP contribution in [0.15, 0.2) is 16.6 Å². The first-order valence-electron chi connectivity index (χ1n) is 5.57. The van der Waals surface area contributed by atoms with Crippen LogP contribution in [0.3, 0.4) is 0 Å². The van der Waals surface area contributed by atoms with Crippen LogP contribution in [0.25, 0.3) is 0 Å². The van der Waals surface area contributed by atoms with Crippen molar-refractivity contribution in [1.29, 1.82) is 0 Å². The zero-order valence-corrected chi connectivity index (χ0v) is 11.0. The number of amides is 1. The number of hydrogen-bond acceptors (Lipinski definition) is 1. The van der Waals surface area contributed by atoms with Crippen LogP contribution in [0.1, 0.15) is 23.2 Å². The van der Waals surface area contributed by atoms with Gasteiger partial charge in [-0.2, -0.15) is 0 Å². The third-order valence-electron chi connectivity index (χ3n) is 2.89. The molecule has 18 heavy (non-hydrogen) atoms. The van der Waals surface area contributed by atoms with Gasteiger partial charge in [-0.1, -0.05) is 0 Å². The third kappa shape index (κ3) is 2.68. The molecular weight excluding hydrogens is 311 g/mol. The van der Waals surface area contributed by atoms with Crippen LogP contribution < -0.4 is 0 Å². The molecule has 1 amide bonds. The van der Waals surface area contributed by atoms with E-state index in [1.54, 1.807) is 0 Å². The van der Waals surface area contributed by atoms with Gasteiger partial charge in [0.2, 0.25) is 0 Å². The second kappa shape index (κ2) is 5.30. The van der Waals surface area contributed by atoms with Crippen LogP contribution in [-0.4, -0.2) is 30.1 Å². The van der Waals surface area contributed by atoms with E-state index in [9.17, 15) is 18.0 Å². The molecule has 0 radical (unpaired) electrons. The Morgan fingerprint density at radius 2 is 2.06 bits per heavy atom. The highest BCUT2D eigenvalue weighted by molar-refractivity contribution is 9.10. The number of carbonyl (C=O) groups excluding carboxylic acids is 1. The lowest BCUT2D eigenvalue weighted by molar-refractivity contribution is 0.0631. The van der Waals surface area contributed by atoms with Crippen LogP contribution in [0.2, 0.25) is 0 Å². The number of hydrogen-bond donors (Lipinski definition) is 0. The standard InChI is InChI=1S/C12H11BrF3NO/c13-9-5-10(15)8(4-11(9)16)12(18)17-3-1-2-7(14)6-17/h4-5,7H,1-3,6H2. The number of halogens is 4. The third-order valence-corrected chi connectivity index (χ3v) is 3.50. The summed E-state index contributed by atoms with van der Waals surface area (Å²) in [6.07, 6.45) is -0.153. The molecular formula is C12H11BrF3NO. The molecule has 0 spiro atoms. The van der Waals surface area contributed by atoms with Crippen LogP contribution in [0.5, 0.6) is 0 Å². The molecule has 1 atom stereocenters. The fourth-order valence-electron chi connectivity index (χ4n) is 1.97. The van der Waals surface area contributed by atoms with E-state index < -0.39 is 23.7 Å². The Bertz CT molecular complexity index is 481. The van der Waals surface area contributed by atoms with Crippen molar-refractivity contribution in [2.75, 3.05) is 13.1 Å². The molecule has 0 N–H and O–H groups in total. The maximum Gasteiger partial charge on any atom is 0.257 e. The summed E-state index contributed by atoms with van der Waals surface area (Å²) >= 11 is 2.83. The van der Waals surface area contributed by atoms with E-state index in [0.29, 0.717) is 19.4 Å². The molecule has 1 fully saturated rings. The normalized spacial score (nSPS) is 20.0. The Hall–Kier alpha value is -1.04. The Kier molecular flexibility index (Phi) is 3.94. The van der Waals surface area contributed by atoms with Crippen LogP contribution >= 0.6 is 15.9 Å². The molecule has 0 saturated carbocycles. The second-order valence-corrected chi connectivity index (χ2v) is 5.09. The van der Waals surface area contributed by atoms with E-state index in [4.69, 9.17) is 0 Å². The minimum Gasteiger partial charge on any atom is -0.336 e. The summed E-state index contributed by atoms with van der Waals surface area (Å²) in [6.45, 7) is 0.312. The van der Waals surface area contributed by atoms with Gasteiger partial charge in [0.25, 0.3) is 5.91 Å². The van der Waals surface area contributed by atoms with Gasteiger partial charge in [0.1, 0.15) is 17.8 Å². The number of piperidine rings is 1. The quantitative estimate of drug-likeness (QED) is 0.727. The number of alkyl halides is 1. The fraction of sp³-hybridized carbons (Fsp3) is 0.417. The average Bonchev–Trinajstić information content (AvgIpc) is 2.33. The number of carbonyl (C=O) groups is 1. The van der Waals surface area contributed by atoms with Crippen molar-refractivity contribution in [2.45, 2.75) is 19.0 Å². The highest BCUT2D eigenvalue weighted by Crippen LogP contribution is 2.22. The SMILES string of the molecule is O=C(c1cc(F)c(Br)cc1F)N1CCCC(F)C1. The zero-order valence-electron chi connectivity index (χ0n) is 9.43. The van der Waals surface area contributed by atoms with Gasteiger partial charge >= 0.3 is 0 Å². The lowest BCUT2D eigenvalue weighted by Gasteiger charge is -2.29. The average molecular weight is 322 g/mol. The van der Waals surface area contributed by atoms with Gasteiger partial charge in [-0.05, 0) is 40.9 Å². The molecule has 1 aromatic carbocycles. The van der Waals surface area contributed by atoms with Gasteiger partial charge in [0, 0.05) is 6.54 Å². The van der Waals surface area contributed by atoms with E-state index in [0.717, 1.165) is 12.1 Å². The molecule has 1 unspecified atom stereocenters. The maximum absolute atomic E-state index is 13.6.